The second-order valence-electron chi connectivity index (χ2n) is 7.58. The molecule has 172 valence electrons. The summed E-state index contributed by atoms with van der Waals surface area (Å²) >= 11 is 0. The lowest BCUT2D eigenvalue weighted by atomic mass is 10.1. The molecule has 1 aromatic carbocycles. The van der Waals surface area contributed by atoms with Crippen LogP contribution in [-0.2, 0) is 25.9 Å². The second-order valence-corrected chi connectivity index (χ2v) is 9.60. The zero-order valence-electron chi connectivity index (χ0n) is 18.6. The Balaban J connectivity index is 1.77. The lowest BCUT2D eigenvalue weighted by Crippen LogP contribution is -2.23. The third-order valence-electron chi connectivity index (χ3n) is 5.28. The minimum atomic E-state index is -3.51. The maximum atomic E-state index is 12.6. The van der Waals surface area contributed by atoms with Gasteiger partial charge in [-0.05, 0) is 56.2 Å². The molecular weight excluding hydrogens is 446 g/mol. The van der Waals surface area contributed by atoms with E-state index >= 15 is 0 Å². The van der Waals surface area contributed by atoms with E-state index in [1.54, 1.807) is 30.5 Å². The Morgan fingerprint density at radius 1 is 1.21 bits per heavy atom. The quantitative estimate of drug-likeness (QED) is 0.526. The summed E-state index contributed by atoms with van der Waals surface area (Å²) in [5.41, 5.74) is 2.36. The first kappa shape index (κ1) is 23.8. The van der Waals surface area contributed by atoms with Gasteiger partial charge in [0.25, 0.3) is 5.91 Å². The second kappa shape index (κ2) is 9.34. The number of benzene rings is 1. The lowest BCUT2D eigenvalue weighted by Gasteiger charge is -2.12. The van der Waals surface area contributed by atoms with Crippen molar-refractivity contribution in [3.63, 3.8) is 0 Å². The number of hydrogen-bond acceptors (Lipinski definition) is 7. The van der Waals surface area contributed by atoms with Gasteiger partial charge in [-0.15, -0.1) is 0 Å². The molecule has 0 unspecified atom stereocenters. The molecule has 0 aliphatic carbocycles. The molecule has 0 radical (unpaired) electrons. The SMILES string of the molecule is Cc1ccc(S(C)(=O)=O)cc1C(=O)OCC(=O)Nc1c(C#N)c(C)c(C)n1Cc1ccco1. The predicted molar refractivity (Wildman–Crippen MR) is 120 cm³/mol. The molecule has 0 fully saturated rings. The van der Waals surface area contributed by atoms with Gasteiger partial charge in [0.2, 0.25) is 0 Å². The van der Waals surface area contributed by atoms with E-state index in [9.17, 15) is 23.3 Å². The molecule has 9 nitrogen and oxygen atoms in total. The van der Waals surface area contributed by atoms with Gasteiger partial charge in [0, 0.05) is 11.9 Å². The summed E-state index contributed by atoms with van der Waals surface area (Å²) in [5, 5.41) is 12.2. The van der Waals surface area contributed by atoms with Crippen LogP contribution in [0, 0.1) is 32.1 Å². The highest BCUT2D eigenvalue weighted by molar-refractivity contribution is 7.90. The third kappa shape index (κ3) is 5.15. The number of hydrogen-bond donors (Lipinski definition) is 1. The van der Waals surface area contributed by atoms with Crippen molar-refractivity contribution < 1.29 is 27.2 Å². The normalized spacial score (nSPS) is 11.1. The number of amides is 1. The molecule has 0 saturated carbocycles. The first-order valence-electron chi connectivity index (χ1n) is 9.92. The van der Waals surface area contributed by atoms with Crippen molar-refractivity contribution in [2.24, 2.45) is 0 Å². The van der Waals surface area contributed by atoms with E-state index < -0.39 is 28.3 Å². The molecule has 10 heteroatoms. The number of carbonyl (C=O) groups excluding carboxylic acids is 2. The molecule has 3 aromatic rings. The first-order chi connectivity index (χ1) is 15.5. The summed E-state index contributed by atoms with van der Waals surface area (Å²) in [5.74, 6) is -0.553. The average molecular weight is 470 g/mol. The number of nitrogens with one attached hydrogen (secondary N) is 1. The van der Waals surface area contributed by atoms with Crippen molar-refractivity contribution in [1.82, 2.24) is 4.57 Å². The minimum Gasteiger partial charge on any atom is -0.467 e. The fraction of sp³-hybridized carbons (Fsp3) is 0.261. The maximum absolute atomic E-state index is 12.6. The highest BCUT2D eigenvalue weighted by Gasteiger charge is 2.22. The number of aryl methyl sites for hydroxylation is 1. The number of furan rings is 1. The van der Waals surface area contributed by atoms with Crippen LogP contribution in [0.15, 0.2) is 45.9 Å². The van der Waals surface area contributed by atoms with Gasteiger partial charge in [0.1, 0.15) is 17.6 Å². The zero-order valence-corrected chi connectivity index (χ0v) is 19.4. The molecule has 2 heterocycles. The predicted octanol–water partition coefficient (Wildman–Crippen LogP) is 3.13. The lowest BCUT2D eigenvalue weighted by molar-refractivity contribution is -0.119. The van der Waals surface area contributed by atoms with Gasteiger partial charge in [-0.1, -0.05) is 6.07 Å². The van der Waals surface area contributed by atoms with E-state index in [1.807, 2.05) is 6.92 Å². The van der Waals surface area contributed by atoms with E-state index in [0.29, 0.717) is 29.0 Å². The standard InChI is InChI=1S/C23H23N3O6S/c1-14-7-8-18(33(4,29)30)10-19(14)23(28)32-13-21(27)25-22-20(11-24)15(2)16(3)26(22)12-17-6-5-9-31-17/h5-10H,12-13H2,1-4H3,(H,25,27). The Morgan fingerprint density at radius 2 is 1.94 bits per heavy atom. The van der Waals surface area contributed by atoms with Crippen LogP contribution < -0.4 is 5.32 Å². The molecule has 0 saturated heterocycles. The Labute approximate surface area is 191 Å². The maximum Gasteiger partial charge on any atom is 0.338 e. The average Bonchev–Trinajstić information content (AvgIpc) is 3.34. The largest absolute Gasteiger partial charge is 0.467 e. The number of esters is 1. The summed E-state index contributed by atoms with van der Waals surface area (Å²) in [6.45, 7) is 4.92. The van der Waals surface area contributed by atoms with Gasteiger partial charge in [-0.3, -0.25) is 4.79 Å². The number of anilines is 1. The molecule has 33 heavy (non-hydrogen) atoms. The Bertz CT molecular complexity index is 1360. The Kier molecular flexibility index (Phi) is 6.74. The van der Waals surface area contributed by atoms with E-state index in [2.05, 4.69) is 11.4 Å². The van der Waals surface area contributed by atoms with Crippen LogP contribution in [0.2, 0.25) is 0 Å². The van der Waals surface area contributed by atoms with Gasteiger partial charge < -0.3 is 19.0 Å². The van der Waals surface area contributed by atoms with E-state index in [1.165, 1.54) is 24.5 Å². The van der Waals surface area contributed by atoms with E-state index in [4.69, 9.17) is 9.15 Å². The molecule has 0 aliphatic heterocycles. The monoisotopic (exact) mass is 469 g/mol. The van der Waals surface area contributed by atoms with Gasteiger partial charge >= 0.3 is 5.97 Å². The van der Waals surface area contributed by atoms with Crippen molar-refractivity contribution in [2.75, 3.05) is 18.2 Å². The molecule has 1 amide bonds. The van der Waals surface area contributed by atoms with Crippen molar-refractivity contribution in [3.05, 3.63) is 70.3 Å². The van der Waals surface area contributed by atoms with Gasteiger partial charge in [0.05, 0.1) is 28.8 Å². The number of nitriles is 1. The van der Waals surface area contributed by atoms with Crippen molar-refractivity contribution in [3.8, 4) is 6.07 Å². The van der Waals surface area contributed by atoms with Gasteiger partial charge in [0.15, 0.2) is 16.4 Å². The van der Waals surface area contributed by atoms with Gasteiger partial charge in [-0.25, -0.2) is 13.2 Å². The van der Waals surface area contributed by atoms with E-state index in [-0.39, 0.29) is 16.3 Å². The minimum absolute atomic E-state index is 0.0233. The van der Waals surface area contributed by atoms with Crippen LogP contribution in [0.25, 0.3) is 0 Å². The molecule has 0 spiro atoms. The molecular formula is C23H23N3O6S. The van der Waals surface area contributed by atoms with Crippen molar-refractivity contribution in [2.45, 2.75) is 32.2 Å². The summed E-state index contributed by atoms with van der Waals surface area (Å²) in [6, 6.07) is 9.74. The number of nitrogens with zero attached hydrogens (tertiary/aromatic N) is 2. The van der Waals surface area contributed by atoms with Crippen molar-refractivity contribution >= 4 is 27.5 Å². The molecule has 3 rings (SSSR count). The number of aromatic nitrogens is 1. The fourth-order valence-corrected chi connectivity index (χ4v) is 3.96. The summed E-state index contributed by atoms with van der Waals surface area (Å²) < 4.78 is 35.8. The molecule has 0 bridgehead atoms. The van der Waals surface area contributed by atoms with Crippen LogP contribution in [0.3, 0.4) is 0 Å². The summed E-state index contributed by atoms with van der Waals surface area (Å²) in [4.78, 5) is 25.0. The Hall–Kier alpha value is -3.84. The summed E-state index contributed by atoms with van der Waals surface area (Å²) in [7, 11) is -3.51. The number of sulfone groups is 1. The number of rotatable bonds is 7. The number of carbonyl (C=O) groups is 2. The van der Waals surface area contributed by atoms with Crippen LogP contribution in [0.1, 0.15) is 38.5 Å². The van der Waals surface area contributed by atoms with Crippen LogP contribution in [0.5, 0.6) is 0 Å². The highest BCUT2D eigenvalue weighted by Crippen LogP contribution is 2.27. The topological polar surface area (TPSA) is 131 Å². The highest BCUT2D eigenvalue weighted by atomic mass is 32.2. The first-order valence-corrected chi connectivity index (χ1v) is 11.8. The third-order valence-corrected chi connectivity index (χ3v) is 6.39. The molecule has 1 N–H and O–H groups in total. The molecule has 0 aliphatic rings. The number of ether oxygens (including phenoxy) is 1. The van der Waals surface area contributed by atoms with Crippen LogP contribution in [0.4, 0.5) is 5.82 Å². The molecule has 0 atom stereocenters. The van der Waals surface area contributed by atoms with Gasteiger partial charge in [-0.2, -0.15) is 5.26 Å². The molecule has 2 aromatic heterocycles. The van der Waals surface area contributed by atoms with Crippen LogP contribution >= 0.6 is 0 Å². The van der Waals surface area contributed by atoms with Crippen LogP contribution in [-0.4, -0.2) is 37.7 Å². The Morgan fingerprint density at radius 3 is 2.55 bits per heavy atom. The van der Waals surface area contributed by atoms with E-state index in [0.717, 1.165) is 11.9 Å². The van der Waals surface area contributed by atoms with Crippen molar-refractivity contribution in [1.29, 1.82) is 5.26 Å². The zero-order chi connectivity index (χ0) is 24.3. The summed E-state index contributed by atoms with van der Waals surface area (Å²) in [6.07, 6.45) is 2.57. The fourth-order valence-electron chi connectivity index (χ4n) is 3.32. The smallest absolute Gasteiger partial charge is 0.338 e.